The monoisotopic (exact) mass is 400 g/mol. The van der Waals surface area contributed by atoms with Crippen molar-refractivity contribution in [3.05, 3.63) is 63.3 Å². The highest BCUT2D eigenvalue weighted by Crippen LogP contribution is 2.25. The van der Waals surface area contributed by atoms with Crippen LogP contribution in [0.1, 0.15) is 35.5 Å². The Morgan fingerprint density at radius 3 is 2.63 bits per heavy atom. The number of hydrogen-bond donors (Lipinski definition) is 1. The lowest BCUT2D eigenvalue weighted by Gasteiger charge is -2.15. The van der Waals surface area contributed by atoms with Gasteiger partial charge in [-0.3, -0.25) is 9.59 Å². The maximum atomic E-state index is 12.2. The molecule has 0 spiro atoms. The van der Waals surface area contributed by atoms with Gasteiger partial charge in [-0.15, -0.1) is 22.7 Å². The number of nitrogens with one attached hydrogen (secondary N) is 1. The summed E-state index contributed by atoms with van der Waals surface area (Å²) in [7, 11) is 0. The molecule has 1 N–H and O–H groups in total. The molecule has 0 radical (unpaired) electrons. The van der Waals surface area contributed by atoms with Crippen molar-refractivity contribution in [2.45, 2.75) is 32.9 Å². The van der Waals surface area contributed by atoms with Crippen molar-refractivity contribution in [3.63, 3.8) is 0 Å². The smallest absolute Gasteiger partial charge is 0.308 e. The number of aryl methyl sites for hydroxylation is 1. The van der Waals surface area contributed by atoms with Crippen LogP contribution < -0.4 is 5.32 Å². The topological polar surface area (TPSA) is 68.3 Å². The number of amides is 1. The Morgan fingerprint density at radius 2 is 1.96 bits per heavy atom. The lowest BCUT2D eigenvalue weighted by molar-refractivity contribution is -0.145. The van der Waals surface area contributed by atoms with Crippen LogP contribution in [0.2, 0.25) is 0 Å². The predicted molar refractivity (Wildman–Crippen MR) is 108 cm³/mol. The number of esters is 1. The van der Waals surface area contributed by atoms with E-state index in [9.17, 15) is 9.59 Å². The zero-order chi connectivity index (χ0) is 19.2. The Labute approximate surface area is 166 Å². The maximum absolute atomic E-state index is 12.2. The summed E-state index contributed by atoms with van der Waals surface area (Å²) in [5, 5.41) is 7.51. The van der Waals surface area contributed by atoms with E-state index in [1.807, 2.05) is 54.1 Å². The molecule has 2 heterocycles. The van der Waals surface area contributed by atoms with E-state index in [0.717, 1.165) is 21.1 Å². The summed E-state index contributed by atoms with van der Waals surface area (Å²) in [6.45, 7) is 3.60. The van der Waals surface area contributed by atoms with Crippen molar-refractivity contribution in [3.8, 4) is 10.6 Å². The molecule has 1 amide bonds. The Hall–Kier alpha value is -2.51. The van der Waals surface area contributed by atoms with E-state index in [0.29, 0.717) is 0 Å². The van der Waals surface area contributed by atoms with E-state index in [-0.39, 0.29) is 30.9 Å². The molecule has 7 heteroatoms. The summed E-state index contributed by atoms with van der Waals surface area (Å²) in [6, 6.07) is 11.6. The summed E-state index contributed by atoms with van der Waals surface area (Å²) >= 11 is 3.02. The zero-order valence-corrected chi connectivity index (χ0v) is 16.7. The van der Waals surface area contributed by atoms with Crippen LogP contribution in [0, 0.1) is 6.92 Å². The molecule has 0 aliphatic carbocycles. The minimum atomic E-state index is -0.368. The molecule has 3 rings (SSSR count). The van der Waals surface area contributed by atoms with Crippen LogP contribution in [0.3, 0.4) is 0 Å². The molecule has 5 nitrogen and oxygen atoms in total. The summed E-state index contributed by atoms with van der Waals surface area (Å²) in [6.07, 6.45) is 0.0923. The van der Waals surface area contributed by atoms with Gasteiger partial charge in [0.15, 0.2) is 0 Å². The molecule has 3 aromatic rings. The van der Waals surface area contributed by atoms with Gasteiger partial charge in [0.2, 0.25) is 5.91 Å². The van der Waals surface area contributed by atoms with E-state index in [4.69, 9.17) is 4.74 Å². The SMILES string of the molecule is CC(=O)NC(CC(=O)OCc1csc(-c2ccc(C)cc2)n1)c1cccs1. The van der Waals surface area contributed by atoms with Crippen LogP contribution in [-0.4, -0.2) is 16.9 Å². The fourth-order valence-electron chi connectivity index (χ4n) is 2.54. The highest BCUT2D eigenvalue weighted by Gasteiger charge is 2.19. The molecular formula is C20H20N2O3S2. The average molecular weight is 401 g/mol. The predicted octanol–water partition coefficient (Wildman–Crippen LogP) is 4.49. The summed E-state index contributed by atoms with van der Waals surface area (Å²) in [4.78, 5) is 29.1. The molecule has 0 saturated carbocycles. The molecule has 0 fully saturated rings. The van der Waals surface area contributed by atoms with E-state index < -0.39 is 0 Å². The second-order valence-electron chi connectivity index (χ2n) is 6.14. The molecule has 1 atom stereocenters. The number of aromatic nitrogens is 1. The lowest BCUT2D eigenvalue weighted by atomic mass is 10.1. The van der Waals surface area contributed by atoms with Gasteiger partial charge in [-0.05, 0) is 18.4 Å². The number of ether oxygens (including phenoxy) is 1. The van der Waals surface area contributed by atoms with Crippen LogP contribution in [0.15, 0.2) is 47.2 Å². The first-order valence-electron chi connectivity index (χ1n) is 8.49. The number of hydrogen-bond acceptors (Lipinski definition) is 6. The molecule has 0 aliphatic rings. The molecule has 2 aromatic heterocycles. The third kappa shape index (κ3) is 5.48. The minimum absolute atomic E-state index is 0.0923. The van der Waals surface area contributed by atoms with Crippen LogP contribution in [0.5, 0.6) is 0 Å². The van der Waals surface area contributed by atoms with Gasteiger partial charge in [0.25, 0.3) is 0 Å². The molecule has 1 unspecified atom stereocenters. The normalized spacial score (nSPS) is 11.8. The summed E-state index contributed by atoms with van der Waals surface area (Å²) < 4.78 is 5.37. The molecule has 0 aliphatic heterocycles. The quantitative estimate of drug-likeness (QED) is 0.593. The Balaban J connectivity index is 1.57. The molecular weight excluding hydrogens is 380 g/mol. The zero-order valence-electron chi connectivity index (χ0n) is 15.1. The van der Waals surface area contributed by atoms with Gasteiger partial charge < -0.3 is 10.1 Å². The first kappa shape index (κ1) is 19.3. The number of carbonyl (C=O) groups is 2. The minimum Gasteiger partial charge on any atom is -0.459 e. The van der Waals surface area contributed by atoms with Crippen LogP contribution in [0.4, 0.5) is 0 Å². The average Bonchev–Trinajstić information content (AvgIpc) is 3.32. The van der Waals surface area contributed by atoms with Gasteiger partial charge in [0.05, 0.1) is 18.2 Å². The Bertz CT molecular complexity index is 902. The number of thiazole rings is 1. The maximum Gasteiger partial charge on any atom is 0.308 e. The number of rotatable bonds is 7. The fraction of sp³-hybridized carbons (Fsp3) is 0.250. The van der Waals surface area contributed by atoms with Gasteiger partial charge >= 0.3 is 5.97 Å². The first-order chi connectivity index (χ1) is 13.0. The molecule has 0 bridgehead atoms. The molecule has 1 aromatic carbocycles. The second-order valence-corrected chi connectivity index (χ2v) is 7.98. The van der Waals surface area contributed by atoms with Crippen LogP contribution in [0.25, 0.3) is 10.6 Å². The molecule has 140 valence electrons. The van der Waals surface area contributed by atoms with Gasteiger partial charge in [-0.1, -0.05) is 35.9 Å². The fourth-order valence-corrected chi connectivity index (χ4v) is 4.13. The third-order valence-corrected chi connectivity index (χ3v) is 5.79. The van der Waals surface area contributed by atoms with Gasteiger partial charge in [0, 0.05) is 22.7 Å². The highest BCUT2D eigenvalue weighted by molar-refractivity contribution is 7.13. The van der Waals surface area contributed by atoms with Gasteiger partial charge in [0.1, 0.15) is 11.6 Å². The number of nitrogens with zero attached hydrogens (tertiary/aromatic N) is 1. The first-order valence-corrected chi connectivity index (χ1v) is 10.2. The van der Waals surface area contributed by atoms with E-state index >= 15 is 0 Å². The van der Waals surface area contributed by atoms with Gasteiger partial charge in [-0.25, -0.2) is 4.98 Å². The van der Waals surface area contributed by atoms with E-state index in [1.54, 1.807) is 0 Å². The van der Waals surface area contributed by atoms with Crippen molar-refractivity contribution in [2.75, 3.05) is 0 Å². The van der Waals surface area contributed by atoms with Crippen molar-refractivity contribution in [2.24, 2.45) is 0 Å². The largest absolute Gasteiger partial charge is 0.459 e. The highest BCUT2D eigenvalue weighted by atomic mass is 32.1. The third-order valence-electron chi connectivity index (χ3n) is 3.87. The second kappa shape index (κ2) is 8.92. The number of thiophene rings is 1. The molecule has 0 saturated heterocycles. The van der Waals surface area contributed by atoms with Crippen LogP contribution in [-0.2, 0) is 20.9 Å². The summed E-state index contributed by atoms with van der Waals surface area (Å²) in [5.74, 6) is -0.546. The summed E-state index contributed by atoms with van der Waals surface area (Å²) in [5.41, 5.74) is 2.96. The van der Waals surface area contributed by atoms with Crippen LogP contribution >= 0.6 is 22.7 Å². The molecule has 27 heavy (non-hydrogen) atoms. The number of carbonyl (C=O) groups excluding carboxylic acids is 2. The van der Waals surface area contributed by atoms with E-state index in [2.05, 4.69) is 10.3 Å². The van der Waals surface area contributed by atoms with Crippen molar-refractivity contribution in [1.29, 1.82) is 0 Å². The Kier molecular flexibility index (Phi) is 6.36. The van der Waals surface area contributed by atoms with Crippen molar-refractivity contribution >= 4 is 34.6 Å². The Morgan fingerprint density at radius 1 is 1.19 bits per heavy atom. The lowest BCUT2D eigenvalue weighted by Crippen LogP contribution is -2.28. The standard InChI is InChI=1S/C20H20N2O3S2/c1-13-5-7-15(8-6-13)20-22-16(12-27-20)11-25-19(24)10-17(21-14(2)23)18-4-3-9-26-18/h3-9,12,17H,10-11H2,1-2H3,(H,21,23). The number of benzene rings is 1. The van der Waals surface area contributed by atoms with Gasteiger partial charge in [-0.2, -0.15) is 0 Å². The van der Waals surface area contributed by atoms with E-state index in [1.165, 1.54) is 35.2 Å². The van der Waals surface area contributed by atoms with Crippen molar-refractivity contribution in [1.82, 2.24) is 10.3 Å². The van der Waals surface area contributed by atoms with Crippen molar-refractivity contribution < 1.29 is 14.3 Å².